The zero-order valence-electron chi connectivity index (χ0n) is 17.3. The van der Waals surface area contributed by atoms with Crippen LogP contribution in [-0.4, -0.2) is 11.0 Å². The predicted octanol–water partition coefficient (Wildman–Crippen LogP) is 6.13. The molecule has 0 bridgehead atoms. The number of hydrogen-bond donors (Lipinski definition) is 0. The van der Waals surface area contributed by atoms with Crippen molar-refractivity contribution in [2.45, 2.75) is 24.9 Å². The summed E-state index contributed by atoms with van der Waals surface area (Å²) in [5.41, 5.74) is 4.05. The van der Waals surface area contributed by atoms with E-state index in [1.54, 1.807) is 6.20 Å². The van der Waals surface area contributed by atoms with E-state index in [2.05, 4.69) is 29.2 Å². The Morgan fingerprint density at radius 1 is 0.710 bits per heavy atom. The third-order valence-electron chi connectivity index (χ3n) is 5.43. The van der Waals surface area contributed by atoms with Crippen LogP contribution in [0, 0.1) is 0 Å². The molecule has 1 aromatic heterocycles. The number of carbonyl (C=O) groups is 1. The van der Waals surface area contributed by atoms with Gasteiger partial charge in [-0.2, -0.15) is 0 Å². The topological polar surface area (TPSA) is 39.2 Å². The first-order valence-electron chi connectivity index (χ1n) is 10.5. The van der Waals surface area contributed by atoms with E-state index in [0.717, 1.165) is 11.3 Å². The maximum atomic E-state index is 13.3. The fourth-order valence-corrected chi connectivity index (χ4v) is 3.82. The summed E-state index contributed by atoms with van der Waals surface area (Å²) in [7, 11) is 0. The molecule has 0 aliphatic carbocycles. The molecule has 1 unspecified atom stereocenters. The summed E-state index contributed by atoms with van der Waals surface area (Å²) in [6.07, 6.45) is 2.31. The highest BCUT2D eigenvalue weighted by molar-refractivity contribution is 5.77. The van der Waals surface area contributed by atoms with Crippen molar-refractivity contribution in [1.82, 2.24) is 4.98 Å². The molecule has 4 rings (SSSR count). The van der Waals surface area contributed by atoms with E-state index in [-0.39, 0.29) is 18.5 Å². The average molecular weight is 408 g/mol. The fraction of sp³-hybridized carbons (Fsp3) is 0.143. The standard InChI is InChI=1S/C28H25NO2/c30-28(31-21-22-12-4-1-5-13-22)26(27-18-10-11-19-29-27)20-25(23-14-6-2-7-15-23)24-16-8-3-9-17-24/h1-19,25-26H,20-21H2. The number of esters is 1. The summed E-state index contributed by atoms with van der Waals surface area (Å²) in [5.74, 6) is -0.659. The van der Waals surface area contributed by atoms with E-state index in [4.69, 9.17) is 4.74 Å². The van der Waals surface area contributed by atoms with Crippen molar-refractivity contribution in [1.29, 1.82) is 0 Å². The third-order valence-corrected chi connectivity index (χ3v) is 5.43. The molecule has 3 aromatic carbocycles. The van der Waals surface area contributed by atoms with Crippen LogP contribution in [0.5, 0.6) is 0 Å². The lowest BCUT2D eigenvalue weighted by molar-refractivity contribution is -0.147. The number of nitrogens with zero attached hydrogens (tertiary/aromatic N) is 1. The first kappa shape index (κ1) is 20.5. The lowest BCUT2D eigenvalue weighted by Crippen LogP contribution is -2.20. The van der Waals surface area contributed by atoms with Gasteiger partial charge in [-0.3, -0.25) is 9.78 Å². The van der Waals surface area contributed by atoms with Crippen LogP contribution in [0.1, 0.15) is 40.6 Å². The van der Waals surface area contributed by atoms with E-state index in [1.165, 1.54) is 11.1 Å². The number of benzene rings is 3. The molecule has 154 valence electrons. The Labute approximate surface area is 183 Å². The van der Waals surface area contributed by atoms with Gasteiger partial charge in [-0.15, -0.1) is 0 Å². The molecule has 0 fully saturated rings. The van der Waals surface area contributed by atoms with Crippen molar-refractivity contribution in [2.75, 3.05) is 0 Å². The summed E-state index contributed by atoms with van der Waals surface area (Å²) in [6.45, 7) is 0.254. The maximum Gasteiger partial charge on any atom is 0.315 e. The molecule has 0 aliphatic heterocycles. The van der Waals surface area contributed by atoms with E-state index in [1.807, 2.05) is 84.9 Å². The van der Waals surface area contributed by atoms with Crippen LogP contribution in [0.15, 0.2) is 115 Å². The zero-order valence-corrected chi connectivity index (χ0v) is 17.3. The van der Waals surface area contributed by atoms with Crippen molar-refractivity contribution in [3.63, 3.8) is 0 Å². The molecule has 3 nitrogen and oxygen atoms in total. The van der Waals surface area contributed by atoms with E-state index in [9.17, 15) is 4.79 Å². The van der Waals surface area contributed by atoms with Crippen LogP contribution in [-0.2, 0) is 16.1 Å². The smallest absolute Gasteiger partial charge is 0.315 e. The Balaban J connectivity index is 1.63. The Hall–Kier alpha value is -3.72. The minimum atomic E-state index is -0.463. The van der Waals surface area contributed by atoms with Crippen LogP contribution in [0.4, 0.5) is 0 Å². The number of aromatic nitrogens is 1. The summed E-state index contributed by atoms with van der Waals surface area (Å²) in [4.78, 5) is 17.7. The quantitative estimate of drug-likeness (QED) is 0.330. The molecule has 4 aromatic rings. The lowest BCUT2D eigenvalue weighted by atomic mass is 9.82. The molecule has 0 aliphatic rings. The highest BCUT2D eigenvalue weighted by Crippen LogP contribution is 2.35. The monoisotopic (exact) mass is 407 g/mol. The predicted molar refractivity (Wildman–Crippen MR) is 123 cm³/mol. The minimum absolute atomic E-state index is 0.0543. The van der Waals surface area contributed by atoms with Crippen LogP contribution < -0.4 is 0 Å². The van der Waals surface area contributed by atoms with Crippen molar-refractivity contribution >= 4 is 5.97 Å². The fourth-order valence-electron chi connectivity index (χ4n) is 3.82. The molecule has 0 N–H and O–H groups in total. The van der Waals surface area contributed by atoms with Crippen molar-refractivity contribution in [3.05, 3.63) is 138 Å². The second-order valence-electron chi connectivity index (χ2n) is 7.51. The molecule has 0 spiro atoms. The summed E-state index contributed by atoms with van der Waals surface area (Å²) >= 11 is 0. The second-order valence-corrected chi connectivity index (χ2v) is 7.51. The van der Waals surface area contributed by atoms with Gasteiger partial charge in [0.2, 0.25) is 0 Å². The van der Waals surface area contributed by atoms with Crippen molar-refractivity contribution < 1.29 is 9.53 Å². The molecule has 0 saturated carbocycles. The van der Waals surface area contributed by atoms with Crippen LogP contribution >= 0.6 is 0 Å². The highest BCUT2D eigenvalue weighted by atomic mass is 16.5. The molecule has 0 amide bonds. The van der Waals surface area contributed by atoms with Gasteiger partial charge in [0.05, 0.1) is 11.6 Å². The van der Waals surface area contributed by atoms with Gasteiger partial charge in [0, 0.05) is 12.1 Å². The summed E-state index contributed by atoms with van der Waals surface area (Å²) in [6, 6.07) is 36.1. The Kier molecular flexibility index (Phi) is 6.86. The molecule has 0 radical (unpaired) electrons. The van der Waals surface area contributed by atoms with E-state index in [0.29, 0.717) is 6.42 Å². The minimum Gasteiger partial charge on any atom is -0.460 e. The van der Waals surface area contributed by atoms with Gasteiger partial charge in [0.15, 0.2) is 0 Å². The first-order chi connectivity index (χ1) is 15.3. The number of rotatable bonds is 8. The number of pyridine rings is 1. The van der Waals surface area contributed by atoms with E-state index >= 15 is 0 Å². The largest absolute Gasteiger partial charge is 0.460 e. The molecular weight excluding hydrogens is 382 g/mol. The highest BCUT2D eigenvalue weighted by Gasteiger charge is 2.29. The maximum absolute atomic E-state index is 13.3. The van der Waals surface area contributed by atoms with Gasteiger partial charge < -0.3 is 4.74 Å². The third kappa shape index (κ3) is 5.46. The average Bonchev–Trinajstić information content (AvgIpc) is 2.85. The number of carbonyl (C=O) groups excluding carboxylic acids is 1. The molecule has 1 heterocycles. The second kappa shape index (κ2) is 10.4. The molecule has 1 atom stereocenters. The Bertz CT molecular complexity index is 1030. The first-order valence-corrected chi connectivity index (χ1v) is 10.5. The Morgan fingerprint density at radius 2 is 1.26 bits per heavy atom. The number of ether oxygens (including phenoxy) is 1. The van der Waals surface area contributed by atoms with Crippen LogP contribution in [0.3, 0.4) is 0 Å². The van der Waals surface area contributed by atoms with Gasteiger partial charge in [-0.1, -0.05) is 97.1 Å². The summed E-state index contributed by atoms with van der Waals surface area (Å²) < 4.78 is 5.74. The lowest BCUT2D eigenvalue weighted by Gasteiger charge is -2.23. The van der Waals surface area contributed by atoms with Gasteiger partial charge in [-0.25, -0.2) is 0 Å². The van der Waals surface area contributed by atoms with E-state index < -0.39 is 5.92 Å². The van der Waals surface area contributed by atoms with Crippen LogP contribution in [0.2, 0.25) is 0 Å². The van der Waals surface area contributed by atoms with Gasteiger partial charge in [0.25, 0.3) is 0 Å². The van der Waals surface area contributed by atoms with Crippen molar-refractivity contribution in [3.8, 4) is 0 Å². The van der Waals surface area contributed by atoms with Gasteiger partial charge in [0.1, 0.15) is 6.61 Å². The zero-order chi connectivity index (χ0) is 21.3. The summed E-state index contributed by atoms with van der Waals surface area (Å²) in [5, 5.41) is 0. The molecule has 0 saturated heterocycles. The van der Waals surface area contributed by atoms with Crippen molar-refractivity contribution in [2.24, 2.45) is 0 Å². The molecule has 31 heavy (non-hydrogen) atoms. The normalized spacial score (nSPS) is 11.8. The Morgan fingerprint density at radius 3 is 1.81 bits per heavy atom. The van der Waals surface area contributed by atoms with Gasteiger partial charge >= 0.3 is 5.97 Å². The number of hydrogen-bond acceptors (Lipinski definition) is 3. The van der Waals surface area contributed by atoms with Crippen LogP contribution in [0.25, 0.3) is 0 Å². The van der Waals surface area contributed by atoms with Gasteiger partial charge in [-0.05, 0) is 35.2 Å². The SMILES string of the molecule is O=C(OCc1ccccc1)C(CC(c1ccccc1)c1ccccc1)c1ccccn1. The molecular formula is C28H25NO2. The molecule has 3 heteroatoms.